The summed E-state index contributed by atoms with van der Waals surface area (Å²) in [6.45, 7) is 3.44. The highest BCUT2D eigenvalue weighted by Gasteiger charge is 2.13. The zero-order valence-electron chi connectivity index (χ0n) is 13.9. The number of pyridine rings is 1. The summed E-state index contributed by atoms with van der Waals surface area (Å²) in [6.07, 6.45) is 1.56. The van der Waals surface area contributed by atoms with E-state index in [1.165, 1.54) is 0 Å². The van der Waals surface area contributed by atoms with Crippen molar-refractivity contribution in [1.29, 1.82) is 0 Å². The van der Waals surface area contributed by atoms with E-state index in [9.17, 15) is 4.79 Å². The third-order valence-corrected chi connectivity index (χ3v) is 3.41. The summed E-state index contributed by atoms with van der Waals surface area (Å²) >= 11 is 0. The van der Waals surface area contributed by atoms with Gasteiger partial charge in [0.15, 0.2) is 0 Å². The molecule has 0 amide bonds. The maximum absolute atomic E-state index is 10.8. The number of benzene rings is 1. The second kappa shape index (κ2) is 7.47. The molecule has 26 heavy (non-hydrogen) atoms. The van der Waals surface area contributed by atoms with Crippen LogP contribution in [0.15, 0.2) is 59.3 Å². The van der Waals surface area contributed by atoms with Gasteiger partial charge in [0.1, 0.15) is 11.5 Å². The first-order valence-corrected chi connectivity index (χ1v) is 7.57. The van der Waals surface area contributed by atoms with Crippen molar-refractivity contribution < 1.29 is 23.9 Å². The average Bonchev–Trinajstić information content (AvgIpc) is 3.11. The SMILES string of the molecule is C=C(Cc1nc(-c2ccc(Oc3ccc(OC)cn3)cc2)no1)C(=O)O. The Labute approximate surface area is 148 Å². The molecule has 0 unspecified atom stereocenters. The van der Waals surface area contributed by atoms with Crippen LogP contribution < -0.4 is 9.47 Å². The Morgan fingerprint density at radius 1 is 1.19 bits per heavy atom. The molecule has 0 bridgehead atoms. The highest BCUT2D eigenvalue weighted by atomic mass is 16.5. The lowest BCUT2D eigenvalue weighted by Crippen LogP contribution is -2.02. The zero-order valence-corrected chi connectivity index (χ0v) is 13.9. The number of carboxylic acid groups (broad SMARTS) is 1. The Morgan fingerprint density at radius 3 is 2.54 bits per heavy atom. The Morgan fingerprint density at radius 2 is 1.92 bits per heavy atom. The van der Waals surface area contributed by atoms with Gasteiger partial charge in [0.2, 0.25) is 17.6 Å². The fraction of sp³-hybridized carbons (Fsp3) is 0.111. The van der Waals surface area contributed by atoms with E-state index in [-0.39, 0.29) is 17.9 Å². The van der Waals surface area contributed by atoms with Crippen LogP contribution in [-0.2, 0) is 11.2 Å². The van der Waals surface area contributed by atoms with Crippen molar-refractivity contribution >= 4 is 5.97 Å². The number of carbonyl (C=O) groups is 1. The van der Waals surface area contributed by atoms with Gasteiger partial charge < -0.3 is 19.1 Å². The minimum absolute atomic E-state index is 0.00727. The molecular formula is C18H15N3O5. The van der Waals surface area contributed by atoms with Crippen molar-refractivity contribution in [3.63, 3.8) is 0 Å². The predicted octanol–water partition coefficient (Wildman–Crippen LogP) is 3.12. The maximum atomic E-state index is 10.8. The Kier molecular flexibility index (Phi) is 4.93. The van der Waals surface area contributed by atoms with E-state index in [1.54, 1.807) is 49.7 Å². The molecule has 0 atom stereocenters. The van der Waals surface area contributed by atoms with Gasteiger partial charge in [-0.15, -0.1) is 0 Å². The number of hydrogen-bond donors (Lipinski definition) is 1. The Hall–Kier alpha value is -3.68. The molecule has 0 spiro atoms. The molecule has 8 nitrogen and oxygen atoms in total. The van der Waals surface area contributed by atoms with Crippen LogP contribution >= 0.6 is 0 Å². The number of hydrogen-bond acceptors (Lipinski definition) is 7. The highest BCUT2D eigenvalue weighted by Crippen LogP contribution is 2.24. The van der Waals surface area contributed by atoms with E-state index < -0.39 is 5.97 Å². The largest absolute Gasteiger partial charge is 0.495 e. The van der Waals surface area contributed by atoms with Crippen molar-refractivity contribution in [2.75, 3.05) is 7.11 Å². The van der Waals surface area contributed by atoms with Crippen molar-refractivity contribution in [3.8, 4) is 28.8 Å². The first kappa shape index (κ1) is 17.2. The van der Waals surface area contributed by atoms with E-state index in [0.717, 1.165) is 0 Å². The first-order valence-electron chi connectivity index (χ1n) is 7.57. The standard InChI is InChI=1S/C18H15N3O5/c1-11(18(22)23)9-16-20-17(21-26-16)12-3-5-13(6-4-12)25-15-8-7-14(24-2)10-19-15/h3-8,10H,1,9H2,2H3,(H,22,23). The normalized spacial score (nSPS) is 10.3. The van der Waals surface area contributed by atoms with Gasteiger partial charge in [-0.3, -0.25) is 0 Å². The number of aromatic nitrogens is 3. The minimum atomic E-state index is -1.10. The molecule has 0 radical (unpaired) electrons. The Bertz CT molecular complexity index is 917. The van der Waals surface area contributed by atoms with Gasteiger partial charge in [-0.25, -0.2) is 9.78 Å². The molecule has 0 saturated carbocycles. The molecule has 0 fully saturated rings. The lowest BCUT2D eigenvalue weighted by molar-refractivity contribution is -0.132. The molecule has 0 saturated heterocycles. The van der Waals surface area contributed by atoms with Gasteiger partial charge in [-0.1, -0.05) is 11.7 Å². The van der Waals surface area contributed by atoms with E-state index in [4.69, 9.17) is 19.1 Å². The summed E-state index contributed by atoms with van der Waals surface area (Å²) in [6, 6.07) is 10.5. The summed E-state index contributed by atoms with van der Waals surface area (Å²) in [5.41, 5.74) is 0.687. The Balaban J connectivity index is 1.68. The number of methoxy groups -OCH3 is 1. The molecule has 8 heteroatoms. The van der Waals surface area contributed by atoms with Gasteiger partial charge in [0.25, 0.3) is 0 Å². The molecular weight excluding hydrogens is 338 g/mol. The predicted molar refractivity (Wildman–Crippen MR) is 91.1 cm³/mol. The van der Waals surface area contributed by atoms with E-state index >= 15 is 0 Å². The summed E-state index contributed by atoms with van der Waals surface area (Å²) < 4.78 is 15.7. The van der Waals surface area contributed by atoms with Crippen LogP contribution in [0.25, 0.3) is 11.4 Å². The number of rotatable bonds is 7. The third kappa shape index (κ3) is 4.04. The summed E-state index contributed by atoms with van der Waals surface area (Å²) in [7, 11) is 1.57. The molecule has 132 valence electrons. The molecule has 3 rings (SSSR count). The van der Waals surface area contributed by atoms with Gasteiger partial charge >= 0.3 is 5.97 Å². The lowest BCUT2D eigenvalue weighted by atomic mass is 10.2. The monoisotopic (exact) mass is 353 g/mol. The van der Waals surface area contributed by atoms with Crippen LogP contribution in [0.4, 0.5) is 0 Å². The van der Waals surface area contributed by atoms with Crippen LogP contribution in [0, 0.1) is 0 Å². The molecule has 0 aliphatic heterocycles. The summed E-state index contributed by atoms with van der Waals surface area (Å²) in [5.74, 6) is 1.12. The van der Waals surface area contributed by atoms with E-state index in [0.29, 0.717) is 28.8 Å². The smallest absolute Gasteiger partial charge is 0.331 e. The van der Waals surface area contributed by atoms with Crippen molar-refractivity contribution in [2.24, 2.45) is 0 Å². The molecule has 1 N–H and O–H groups in total. The molecule has 1 aromatic carbocycles. The second-order valence-corrected chi connectivity index (χ2v) is 5.26. The average molecular weight is 353 g/mol. The summed E-state index contributed by atoms with van der Waals surface area (Å²) in [5, 5.41) is 12.7. The van der Waals surface area contributed by atoms with Gasteiger partial charge in [0, 0.05) is 17.2 Å². The van der Waals surface area contributed by atoms with Crippen LogP contribution in [0.3, 0.4) is 0 Å². The number of aliphatic carboxylic acids is 1. The number of nitrogens with zero attached hydrogens (tertiary/aromatic N) is 3. The molecule has 0 aliphatic rings. The highest BCUT2D eigenvalue weighted by molar-refractivity contribution is 5.86. The van der Waals surface area contributed by atoms with Crippen molar-refractivity contribution in [1.82, 2.24) is 15.1 Å². The zero-order chi connectivity index (χ0) is 18.5. The second-order valence-electron chi connectivity index (χ2n) is 5.26. The minimum Gasteiger partial charge on any atom is -0.495 e. The van der Waals surface area contributed by atoms with E-state index in [1.807, 2.05) is 0 Å². The lowest BCUT2D eigenvalue weighted by Gasteiger charge is -2.05. The van der Waals surface area contributed by atoms with Gasteiger partial charge in [-0.05, 0) is 30.3 Å². The molecule has 2 heterocycles. The van der Waals surface area contributed by atoms with Crippen molar-refractivity contribution in [3.05, 3.63) is 60.6 Å². The van der Waals surface area contributed by atoms with Gasteiger partial charge in [0.05, 0.1) is 19.7 Å². The fourth-order valence-electron chi connectivity index (χ4n) is 2.04. The summed E-state index contributed by atoms with van der Waals surface area (Å²) in [4.78, 5) is 19.1. The van der Waals surface area contributed by atoms with Gasteiger partial charge in [-0.2, -0.15) is 4.98 Å². The van der Waals surface area contributed by atoms with Crippen LogP contribution in [0.1, 0.15) is 5.89 Å². The first-order chi connectivity index (χ1) is 12.5. The maximum Gasteiger partial charge on any atom is 0.331 e. The number of carboxylic acids is 1. The molecule has 2 aromatic heterocycles. The molecule has 0 aliphatic carbocycles. The van der Waals surface area contributed by atoms with Crippen LogP contribution in [0.5, 0.6) is 17.4 Å². The molecule has 3 aromatic rings. The third-order valence-electron chi connectivity index (χ3n) is 3.41. The van der Waals surface area contributed by atoms with E-state index in [2.05, 4.69) is 21.7 Å². The topological polar surface area (TPSA) is 108 Å². The van der Waals surface area contributed by atoms with Crippen molar-refractivity contribution in [2.45, 2.75) is 6.42 Å². The fourth-order valence-corrected chi connectivity index (χ4v) is 2.04. The number of ether oxygens (including phenoxy) is 2. The quantitative estimate of drug-likeness (QED) is 0.646. The van der Waals surface area contributed by atoms with Crippen LogP contribution in [0.2, 0.25) is 0 Å². The van der Waals surface area contributed by atoms with Crippen LogP contribution in [-0.4, -0.2) is 33.3 Å².